The van der Waals surface area contributed by atoms with Crippen molar-refractivity contribution in [1.82, 2.24) is 19.5 Å². The first-order chi connectivity index (χ1) is 10.0. The molecule has 0 bridgehead atoms. The van der Waals surface area contributed by atoms with E-state index < -0.39 is 0 Å². The van der Waals surface area contributed by atoms with E-state index in [0.29, 0.717) is 26.3 Å². The van der Waals surface area contributed by atoms with Crippen LogP contribution in [0.3, 0.4) is 0 Å². The van der Waals surface area contributed by atoms with Crippen molar-refractivity contribution in [2.75, 3.05) is 7.11 Å². The van der Waals surface area contributed by atoms with Crippen LogP contribution in [0.4, 0.5) is 4.39 Å². The Labute approximate surface area is 132 Å². The monoisotopic (exact) mass is 368 g/mol. The third kappa shape index (κ3) is 2.24. The number of halogens is 2. The summed E-state index contributed by atoms with van der Waals surface area (Å²) in [5.41, 5.74) is 2.66. The maximum atomic E-state index is 13.6. The van der Waals surface area contributed by atoms with Crippen LogP contribution in [0.15, 0.2) is 22.9 Å². The van der Waals surface area contributed by atoms with E-state index in [1.165, 1.54) is 19.5 Å². The zero-order chi connectivity index (χ0) is 15.1. The fraction of sp³-hybridized carbons (Fsp3) is 0.154. The zero-order valence-electron chi connectivity index (χ0n) is 11.1. The summed E-state index contributed by atoms with van der Waals surface area (Å²) < 4.78 is 21.3. The molecule has 1 N–H and O–H groups in total. The molecule has 0 aliphatic carbocycles. The van der Waals surface area contributed by atoms with Crippen LogP contribution >= 0.6 is 28.1 Å². The molecule has 0 fully saturated rings. The number of nitrogens with zero attached hydrogens (tertiary/aromatic N) is 3. The number of nitrogens with one attached hydrogen (secondary N) is 1. The average molecular weight is 369 g/mol. The summed E-state index contributed by atoms with van der Waals surface area (Å²) in [5, 5.41) is 0. The van der Waals surface area contributed by atoms with Gasteiger partial charge in [-0.25, -0.2) is 9.37 Å². The van der Waals surface area contributed by atoms with Crippen LogP contribution in [0, 0.1) is 17.5 Å². The number of H-pyrrole nitrogens is 1. The molecular formula is C13H10BrFN4OS. The number of imidazole rings is 1. The molecule has 0 atom stereocenters. The number of fused-ring (bicyclic) bond motifs is 1. The Morgan fingerprint density at radius 1 is 1.38 bits per heavy atom. The zero-order valence-corrected chi connectivity index (χ0v) is 13.5. The molecule has 0 saturated carbocycles. The number of methoxy groups -OCH3 is 1. The summed E-state index contributed by atoms with van der Waals surface area (Å²) in [6.07, 6.45) is 1.40. The maximum Gasteiger partial charge on any atom is 0.242 e. The van der Waals surface area contributed by atoms with Crippen LogP contribution in [0.5, 0.6) is 5.88 Å². The summed E-state index contributed by atoms with van der Waals surface area (Å²) in [5.74, 6) is 0.0819. The second kappa shape index (κ2) is 5.19. The smallest absolute Gasteiger partial charge is 0.242 e. The summed E-state index contributed by atoms with van der Waals surface area (Å²) in [7, 11) is 1.52. The van der Waals surface area contributed by atoms with E-state index in [1.54, 1.807) is 10.6 Å². The molecule has 5 nitrogen and oxygen atoms in total. The Bertz CT molecular complexity index is 905. The molecule has 0 aliphatic heterocycles. The van der Waals surface area contributed by atoms with E-state index in [-0.39, 0.29) is 5.82 Å². The van der Waals surface area contributed by atoms with Crippen molar-refractivity contribution >= 4 is 39.3 Å². The van der Waals surface area contributed by atoms with Gasteiger partial charge in [0.1, 0.15) is 17.7 Å². The van der Waals surface area contributed by atoms with Gasteiger partial charge in [0.15, 0.2) is 10.4 Å². The fourth-order valence-electron chi connectivity index (χ4n) is 2.15. The van der Waals surface area contributed by atoms with Crippen LogP contribution in [0.1, 0.15) is 5.56 Å². The third-order valence-electron chi connectivity index (χ3n) is 3.11. The van der Waals surface area contributed by atoms with Gasteiger partial charge in [-0.2, -0.15) is 4.98 Å². The molecule has 2 heterocycles. The van der Waals surface area contributed by atoms with Crippen LogP contribution < -0.4 is 4.74 Å². The van der Waals surface area contributed by atoms with Gasteiger partial charge in [-0.15, -0.1) is 0 Å². The molecule has 0 saturated heterocycles. The van der Waals surface area contributed by atoms with Gasteiger partial charge in [-0.05, 0) is 52.8 Å². The van der Waals surface area contributed by atoms with Crippen molar-refractivity contribution in [1.29, 1.82) is 0 Å². The second-order valence-corrected chi connectivity index (χ2v) is 5.64. The van der Waals surface area contributed by atoms with Gasteiger partial charge in [0, 0.05) is 0 Å². The number of rotatable bonds is 2. The SMILES string of the molecule is COc1ncnc2c1[nH]c(=S)n2-c1cc(Br)c(F)cc1C. The summed E-state index contributed by atoms with van der Waals surface area (Å²) >= 11 is 8.55. The molecule has 21 heavy (non-hydrogen) atoms. The number of aromatic amines is 1. The fourth-order valence-corrected chi connectivity index (χ4v) is 2.77. The molecule has 3 aromatic rings. The lowest BCUT2D eigenvalue weighted by Gasteiger charge is -2.09. The Kier molecular flexibility index (Phi) is 3.50. The Balaban J connectivity index is 2.39. The molecular weight excluding hydrogens is 359 g/mol. The summed E-state index contributed by atoms with van der Waals surface area (Å²) in [6.45, 7) is 1.81. The first-order valence-electron chi connectivity index (χ1n) is 5.98. The van der Waals surface area contributed by atoms with Crippen molar-refractivity contribution in [3.63, 3.8) is 0 Å². The Morgan fingerprint density at radius 3 is 2.86 bits per heavy atom. The molecule has 0 aliphatic rings. The van der Waals surface area contributed by atoms with Gasteiger partial charge in [0.05, 0.1) is 17.3 Å². The summed E-state index contributed by atoms with van der Waals surface area (Å²) in [4.78, 5) is 11.3. The van der Waals surface area contributed by atoms with Crippen LogP contribution in [-0.4, -0.2) is 26.6 Å². The van der Waals surface area contributed by atoms with E-state index >= 15 is 0 Å². The molecule has 1 aromatic carbocycles. The Hall–Kier alpha value is -1.80. The topological polar surface area (TPSA) is 55.7 Å². The number of ether oxygens (including phenoxy) is 1. The van der Waals surface area contributed by atoms with E-state index in [2.05, 4.69) is 30.9 Å². The highest BCUT2D eigenvalue weighted by atomic mass is 79.9. The van der Waals surface area contributed by atoms with Crippen molar-refractivity contribution in [2.24, 2.45) is 0 Å². The lowest BCUT2D eigenvalue weighted by Crippen LogP contribution is -2.00. The van der Waals surface area contributed by atoms with Gasteiger partial charge >= 0.3 is 0 Å². The quantitative estimate of drug-likeness (QED) is 0.700. The van der Waals surface area contributed by atoms with Crippen molar-refractivity contribution in [2.45, 2.75) is 6.92 Å². The van der Waals surface area contributed by atoms with Gasteiger partial charge in [-0.1, -0.05) is 0 Å². The van der Waals surface area contributed by atoms with E-state index in [9.17, 15) is 4.39 Å². The van der Waals surface area contributed by atoms with Gasteiger partial charge in [-0.3, -0.25) is 4.57 Å². The minimum Gasteiger partial charge on any atom is -0.479 e. The number of aryl methyl sites for hydroxylation is 1. The average Bonchev–Trinajstić information content (AvgIpc) is 2.79. The molecule has 3 rings (SSSR count). The number of benzene rings is 1. The molecule has 0 amide bonds. The van der Waals surface area contributed by atoms with Gasteiger partial charge in [0.25, 0.3) is 0 Å². The van der Waals surface area contributed by atoms with E-state index in [1.807, 2.05) is 6.92 Å². The number of hydrogen-bond acceptors (Lipinski definition) is 4. The minimum absolute atomic E-state index is 0.324. The van der Waals surface area contributed by atoms with Crippen LogP contribution in [-0.2, 0) is 0 Å². The molecule has 108 valence electrons. The highest BCUT2D eigenvalue weighted by Crippen LogP contribution is 2.28. The third-order valence-corrected chi connectivity index (χ3v) is 4.00. The second-order valence-electron chi connectivity index (χ2n) is 4.40. The Morgan fingerprint density at radius 2 is 2.14 bits per heavy atom. The normalized spacial score (nSPS) is 11.0. The molecule has 0 radical (unpaired) electrons. The summed E-state index contributed by atoms with van der Waals surface area (Å²) in [6, 6.07) is 3.11. The van der Waals surface area contributed by atoms with Crippen LogP contribution in [0.25, 0.3) is 16.9 Å². The lowest BCUT2D eigenvalue weighted by atomic mass is 10.2. The number of hydrogen-bond donors (Lipinski definition) is 1. The largest absolute Gasteiger partial charge is 0.479 e. The molecule has 8 heteroatoms. The van der Waals surface area contributed by atoms with Gasteiger partial charge < -0.3 is 9.72 Å². The first kappa shape index (κ1) is 14.2. The predicted octanol–water partition coefficient (Wildman–Crippen LogP) is 3.70. The van der Waals surface area contributed by atoms with Crippen molar-refractivity contribution in [3.05, 3.63) is 39.1 Å². The standard InChI is InChI=1S/C13H10BrFN4OS/c1-6-3-8(15)7(14)4-9(6)19-11-10(18-13(19)21)12(20-2)17-5-16-11/h3-5H,1-2H3,(H,18,21). The van der Waals surface area contributed by atoms with Crippen molar-refractivity contribution in [3.8, 4) is 11.6 Å². The highest BCUT2D eigenvalue weighted by molar-refractivity contribution is 9.10. The highest BCUT2D eigenvalue weighted by Gasteiger charge is 2.15. The molecule has 0 unspecified atom stereocenters. The lowest BCUT2D eigenvalue weighted by molar-refractivity contribution is 0.401. The van der Waals surface area contributed by atoms with E-state index in [4.69, 9.17) is 17.0 Å². The maximum absolute atomic E-state index is 13.6. The van der Waals surface area contributed by atoms with Crippen LogP contribution in [0.2, 0.25) is 0 Å². The first-order valence-corrected chi connectivity index (χ1v) is 7.18. The predicted molar refractivity (Wildman–Crippen MR) is 83.0 cm³/mol. The van der Waals surface area contributed by atoms with Crippen molar-refractivity contribution < 1.29 is 9.13 Å². The molecule has 0 spiro atoms. The molecule has 2 aromatic heterocycles. The minimum atomic E-state index is -0.324. The van der Waals surface area contributed by atoms with Gasteiger partial charge in [0.2, 0.25) is 5.88 Å². The van der Waals surface area contributed by atoms with E-state index in [0.717, 1.165) is 11.3 Å². The number of aromatic nitrogens is 4.